The van der Waals surface area contributed by atoms with Gasteiger partial charge in [0.15, 0.2) is 0 Å². The van der Waals surface area contributed by atoms with Crippen LogP contribution in [0.5, 0.6) is 0 Å². The number of carbonyl (C=O) groups excluding carboxylic acids is 1. The lowest BCUT2D eigenvalue weighted by atomic mass is 10.2. The second-order valence-corrected chi connectivity index (χ2v) is 4.85. The third kappa shape index (κ3) is 3.31. The number of carbonyl (C=O) groups is 1. The van der Waals surface area contributed by atoms with Crippen LogP contribution in [0.2, 0.25) is 0 Å². The highest BCUT2D eigenvalue weighted by Crippen LogP contribution is 2.29. The summed E-state index contributed by atoms with van der Waals surface area (Å²) in [5, 5.41) is 11.3. The summed E-state index contributed by atoms with van der Waals surface area (Å²) in [4.78, 5) is 14.7. The molecule has 0 spiro atoms. The Labute approximate surface area is 128 Å². The van der Waals surface area contributed by atoms with Gasteiger partial charge in [0.1, 0.15) is 0 Å². The monoisotopic (exact) mass is 327 g/mol. The number of rotatable bonds is 2. The normalized spacial score (nSPS) is 15.7. The Kier molecular flexibility index (Phi) is 3.99. The van der Waals surface area contributed by atoms with E-state index in [1.54, 1.807) is 0 Å². The van der Waals surface area contributed by atoms with Crippen LogP contribution in [0.3, 0.4) is 0 Å². The van der Waals surface area contributed by atoms with E-state index < -0.39 is 11.7 Å². The number of morpholine rings is 1. The van der Waals surface area contributed by atoms with Crippen LogP contribution < -0.4 is 0 Å². The van der Waals surface area contributed by atoms with Gasteiger partial charge in [0.25, 0.3) is 11.7 Å². The molecule has 1 fully saturated rings. The van der Waals surface area contributed by atoms with Crippen molar-refractivity contribution in [1.82, 2.24) is 25.1 Å². The van der Waals surface area contributed by atoms with Crippen LogP contribution in [0.1, 0.15) is 16.2 Å². The number of hydrogen-bond acceptors (Lipinski definition) is 5. The van der Waals surface area contributed by atoms with Crippen molar-refractivity contribution >= 4 is 5.91 Å². The lowest BCUT2D eigenvalue weighted by molar-refractivity contribution is -0.137. The molecule has 1 aromatic carbocycles. The molecule has 1 aliphatic rings. The third-order valence-electron chi connectivity index (χ3n) is 3.33. The molecule has 1 aromatic heterocycles. The number of hydrogen-bond donors (Lipinski definition) is 0. The fraction of sp³-hybridized carbons (Fsp3) is 0.385. The smallest absolute Gasteiger partial charge is 0.378 e. The van der Waals surface area contributed by atoms with E-state index in [4.69, 9.17) is 4.74 Å². The number of amides is 1. The van der Waals surface area contributed by atoms with Crippen LogP contribution in [-0.4, -0.2) is 57.3 Å². The van der Waals surface area contributed by atoms with Crippen molar-refractivity contribution in [2.45, 2.75) is 6.18 Å². The quantitative estimate of drug-likeness (QED) is 0.827. The van der Waals surface area contributed by atoms with Crippen molar-refractivity contribution in [2.75, 3.05) is 26.3 Å². The number of alkyl halides is 3. The fourth-order valence-corrected chi connectivity index (χ4v) is 2.10. The van der Waals surface area contributed by atoms with E-state index >= 15 is 0 Å². The van der Waals surface area contributed by atoms with Crippen molar-refractivity contribution in [2.24, 2.45) is 0 Å². The maximum absolute atomic E-state index is 12.5. The van der Waals surface area contributed by atoms with Gasteiger partial charge in [-0.05, 0) is 29.5 Å². The lowest BCUT2D eigenvalue weighted by Crippen LogP contribution is -2.41. The van der Waals surface area contributed by atoms with Crippen molar-refractivity contribution in [3.8, 4) is 5.69 Å². The molecule has 1 aliphatic heterocycles. The van der Waals surface area contributed by atoms with Gasteiger partial charge in [-0.3, -0.25) is 4.79 Å². The summed E-state index contributed by atoms with van der Waals surface area (Å²) >= 11 is 0. The maximum Gasteiger partial charge on any atom is 0.416 e. The minimum Gasteiger partial charge on any atom is -0.378 e. The van der Waals surface area contributed by atoms with Gasteiger partial charge in [0.05, 0.1) is 24.5 Å². The summed E-state index contributed by atoms with van der Waals surface area (Å²) in [6, 6.07) is 4.27. The zero-order chi connectivity index (χ0) is 16.4. The van der Waals surface area contributed by atoms with Crippen LogP contribution in [0.25, 0.3) is 5.69 Å². The summed E-state index contributed by atoms with van der Waals surface area (Å²) in [5.74, 6) is -0.488. The SMILES string of the molecule is O=C(c1nnn(-c2ccc(C(F)(F)F)cc2)n1)N1CCOCC1. The molecule has 2 heterocycles. The van der Waals surface area contributed by atoms with E-state index in [0.29, 0.717) is 26.3 Å². The molecule has 0 radical (unpaired) electrons. The molecule has 0 unspecified atom stereocenters. The van der Waals surface area contributed by atoms with E-state index in [1.165, 1.54) is 17.0 Å². The molecule has 23 heavy (non-hydrogen) atoms. The van der Waals surface area contributed by atoms with Crippen molar-refractivity contribution < 1.29 is 22.7 Å². The van der Waals surface area contributed by atoms with Gasteiger partial charge >= 0.3 is 6.18 Å². The van der Waals surface area contributed by atoms with Gasteiger partial charge < -0.3 is 9.64 Å². The van der Waals surface area contributed by atoms with Crippen LogP contribution >= 0.6 is 0 Å². The minimum atomic E-state index is -4.41. The van der Waals surface area contributed by atoms with E-state index in [1.807, 2.05) is 0 Å². The number of halogens is 3. The summed E-state index contributed by atoms with van der Waals surface area (Å²) in [6.07, 6.45) is -4.41. The summed E-state index contributed by atoms with van der Waals surface area (Å²) in [6.45, 7) is 1.76. The molecule has 7 nitrogen and oxygen atoms in total. The van der Waals surface area contributed by atoms with E-state index in [0.717, 1.165) is 16.9 Å². The fourth-order valence-electron chi connectivity index (χ4n) is 2.10. The van der Waals surface area contributed by atoms with E-state index in [-0.39, 0.29) is 17.4 Å². The van der Waals surface area contributed by atoms with Crippen LogP contribution in [0, 0.1) is 0 Å². The summed E-state index contributed by atoms with van der Waals surface area (Å²) < 4.78 is 42.7. The first kappa shape index (κ1) is 15.4. The molecule has 0 atom stereocenters. The van der Waals surface area contributed by atoms with E-state index in [2.05, 4.69) is 15.4 Å². The van der Waals surface area contributed by atoms with Gasteiger partial charge in [-0.15, -0.1) is 15.0 Å². The van der Waals surface area contributed by atoms with Gasteiger partial charge in [0, 0.05) is 13.1 Å². The zero-order valence-electron chi connectivity index (χ0n) is 11.8. The number of benzene rings is 1. The molecule has 122 valence electrons. The lowest BCUT2D eigenvalue weighted by Gasteiger charge is -2.25. The number of ether oxygens (including phenoxy) is 1. The standard InChI is InChI=1S/C13H12F3N5O2/c14-13(15,16)9-1-3-10(4-2-9)21-18-11(17-19-21)12(22)20-5-7-23-8-6-20/h1-4H,5-8H2. The van der Waals surface area contributed by atoms with Crippen LogP contribution in [0.4, 0.5) is 13.2 Å². The second kappa shape index (κ2) is 5.95. The zero-order valence-corrected chi connectivity index (χ0v) is 11.8. The van der Waals surface area contributed by atoms with Gasteiger partial charge in [-0.2, -0.15) is 13.2 Å². The highest BCUT2D eigenvalue weighted by atomic mass is 19.4. The first-order chi connectivity index (χ1) is 10.9. The van der Waals surface area contributed by atoms with Gasteiger partial charge in [-0.1, -0.05) is 0 Å². The van der Waals surface area contributed by atoms with Crippen molar-refractivity contribution in [3.05, 3.63) is 35.7 Å². The topological polar surface area (TPSA) is 73.1 Å². The Bertz CT molecular complexity index is 692. The Morgan fingerprint density at radius 3 is 2.39 bits per heavy atom. The predicted octanol–water partition coefficient (Wildman–Crippen LogP) is 1.15. The highest BCUT2D eigenvalue weighted by molar-refractivity contribution is 5.90. The molecular weight excluding hydrogens is 315 g/mol. The molecule has 1 amide bonds. The Morgan fingerprint density at radius 2 is 1.78 bits per heavy atom. The number of nitrogens with zero attached hydrogens (tertiary/aromatic N) is 5. The highest BCUT2D eigenvalue weighted by Gasteiger charge is 2.30. The Morgan fingerprint density at radius 1 is 1.13 bits per heavy atom. The van der Waals surface area contributed by atoms with E-state index in [9.17, 15) is 18.0 Å². The van der Waals surface area contributed by atoms with Crippen LogP contribution in [-0.2, 0) is 10.9 Å². The maximum atomic E-state index is 12.5. The second-order valence-electron chi connectivity index (χ2n) is 4.85. The predicted molar refractivity (Wildman–Crippen MR) is 70.9 cm³/mol. The number of aromatic nitrogens is 4. The first-order valence-corrected chi connectivity index (χ1v) is 6.80. The molecule has 2 aromatic rings. The average Bonchev–Trinajstić information content (AvgIpc) is 3.04. The Hall–Kier alpha value is -2.49. The largest absolute Gasteiger partial charge is 0.416 e. The summed E-state index contributed by atoms with van der Waals surface area (Å²) in [7, 11) is 0. The molecule has 0 aliphatic carbocycles. The van der Waals surface area contributed by atoms with Gasteiger partial charge in [-0.25, -0.2) is 0 Å². The molecule has 0 saturated carbocycles. The van der Waals surface area contributed by atoms with Crippen molar-refractivity contribution in [1.29, 1.82) is 0 Å². The molecule has 0 bridgehead atoms. The molecule has 1 saturated heterocycles. The minimum absolute atomic E-state index is 0.105. The molecular formula is C13H12F3N5O2. The number of tetrazole rings is 1. The molecule has 3 rings (SSSR count). The molecule has 10 heteroatoms. The Balaban J connectivity index is 1.77. The summed E-state index contributed by atoms with van der Waals surface area (Å²) in [5.41, 5.74) is -0.488. The average molecular weight is 327 g/mol. The van der Waals surface area contributed by atoms with Gasteiger partial charge in [0.2, 0.25) is 0 Å². The molecule has 0 N–H and O–H groups in total. The van der Waals surface area contributed by atoms with Crippen molar-refractivity contribution in [3.63, 3.8) is 0 Å². The third-order valence-corrected chi connectivity index (χ3v) is 3.33. The van der Waals surface area contributed by atoms with Crippen LogP contribution in [0.15, 0.2) is 24.3 Å². The first-order valence-electron chi connectivity index (χ1n) is 6.80.